The average Bonchev–Trinajstić information content (AvgIpc) is 2.86. The summed E-state index contributed by atoms with van der Waals surface area (Å²) in [6.45, 7) is 9.49. The highest BCUT2D eigenvalue weighted by atomic mass is 16.3. The first-order chi connectivity index (χ1) is 9.15. The van der Waals surface area contributed by atoms with Gasteiger partial charge in [0, 0.05) is 18.8 Å². The Hall–Kier alpha value is -1.13. The van der Waals surface area contributed by atoms with Crippen LogP contribution >= 0.6 is 0 Å². The van der Waals surface area contributed by atoms with Gasteiger partial charge in [0.2, 0.25) is 0 Å². The number of likely N-dealkylation sites (tertiary alicyclic amines) is 1. The zero-order valence-corrected chi connectivity index (χ0v) is 12.0. The normalized spacial score (nSPS) is 17.8. The van der Waals surface area contributed by atoms with Crippen molar-refractivity contribution in [1.29, 1.82) is 0 Å². The summed E-state index contributed by atoms with van der Waals surface area (Å²) >= 11 is 0. The Morgan fingerprint density at radius 3 is 2.84 bits per heavy atom. The maximum atomic E-state index is 9.72. The Kier molecular flexibility index (Phi) is 5.16. The first-order valence-electron chi connectivity index (χ1n) is 7.23. The average molecular weight is 263 g/mol. The van der Waals surface area contributed by atoms with Crippen molar-refractivity contribution < 1.29 is 5.11 Å². The van der Waals surface area contributed by atoms with E-state index in [2.05, 4.69) is 22.1 Å². The molecule has 106 valence electrons. The lowest BCUT2D eigenvalue weighted by atomic mass is 10.1. The van der Waals surface area contributed by atoms with Gasteiger partial charge in [0.15, 0.2) is 0 Å². The SMILES string of the molecule is Cc1ccc(O)c(CNCC(C)CN2CCCC2)n1. The van der Waals surface area contributed by atoms with Crippen molar-refractivity contribution in [3.63, 3.8) is 0 Å². The molecule has 1 aliphatic rings. The van der Waals surface area contributed by atoms with Crippen LogP contribution in [0.5, 0.6) is 5.75 Å². The van der Waals surface area contributed by atoms with Gasteiger partial charge in [0.05, 0.1) is 5.69 Å². The van der Waals surface area contributed by atoms with Crippen LogP contribution in [0.2, 0.25) is 0 Å². The van der Waals surface area contributed by atoms with Gasteiger partial charge in [-0.05, 0) is 57.5 Å². The van der Waals surface area contributed by atoms with Crippen LogP contribution in [0.1, 0.15) is 31.2 Å². The molecule has 0 aromatic carbocycles. The molecule has 0 radical (unpaired) electrons. The van der Waals surface area contributed by atoms with E-state index in [-0.39, 0.29) is 5.75 Å². The first-order valence-corrected chi connectivity index (χ1v) is 7.23. The molecule has 0 saturated carbocycles. The first kappa shape index (κ1) is 14.3. The fourth-order valence-corrected chi connectivity index (χ4v) is 2.64. The van der Waals surface area contributed by atoms with Crippen LogP contribution in [0, 0.1) is 12.8 Å². The zero-order chi connectivity index (χ0) is 13.7. The minimum absolute atomic E-state index is 0.283. The monoisotopic (exact) mass is 263 g/mol. The molecule has 1 saturated heterocycles. The van der Waals surface area contributed by atoms with Crippen LogP contribution in [-0.2, 0) is 6.54 Å². The summed E-state index contributed by atoms with van der Waals surface area (Å²) in [5, 5.41) is 13.1. The van der Waals surface area contributed by atoms with Gasteiger partial charge in [-0.1, -0.05) is 6.92 Å². The van der Waals surface area contributed by atoms with Crippen molar-refractivity contribution in [2.45, 2.75) is 33.2 Å². The zero-order valence-electron chi connectivity index (χ0n) is 12.0. The van der Waals surface area contributed by atoms with E-state index in [4.69, 9.17) is 0 Å². The number of rotatable bonds is 6. The molecular formula is C15H25N3O. The minimum atomic E-state index is 0.283. The second-order valence-corrected chi connectivity index (χ2v) is 5.66. The Morgan fingerprint density at radius 1 is 1.37 bits per heavy atom. The predicted molar refractivity (Wildman–Crippen MR) is 77.2 cm³/mol. The highest BCUT2D eigenvalue weighted by Crippen LogP contribution is 2.14. The van der Waals surface area contributed by atoms with Crippen LogP contribution in [0.25, 0.3) is 0 Å². The summed E-state index contributed by atoms with van der Waals surface area (Å²) in [7, 11) is 0. The lowest BCUT2D eigenvalue weighted by molar-refractivity contribution is 0.282. The molecule has 2 rings (SSSR count). The van der Waals surface area contributed by atoms with Gasteiger partial charge in [0.1, 0.15) is 5.75 Å². The smallest absolute Gasteiger partial charge is 0.138 e. The van der Waals surface area contributed by atoms with Crippen LogP contribution in [-0.4, -0.2) is 41.2 Å². The lowest BCUT2D eigenvalue weighted by Gasteiger charge is -2.20. The number of aromatic nitrogens is 1. The number of aromatic hydroxyl groups is 1. The quantitative estimate of drug-likeness (QED) is 0.823. The summed E-state index contributed by atoms with van der Waals surface area (Å²) in [6.07, 6.45) is 2.70. The molecule has 4 nitrogen and oxygen atoms in total. The Balaban J connectivity index is 1.71. The maximum absolute atomic E-state index is 9.72. The topological polar surface area (TPSA) is 48.4 Å². The molecule has 1 unspecified atom stereocenters. The molecule has 0 bridgehead atoms. The molecule has 1 aromatic rings. The third-order valence-electron chi connectivity index (χ3n) is 3.64. The molecule has 2 heterocycles. The van der Waals surface area contributed by atoms with Crippen molar-refractivity contribution in [3.05, 3.63) is 23.5 Å². The van der Waals surface area contributed by atoms with Crippen molar-refractivity contribution in [3.8, 4) is 5.75 Å². The molecular weight excluding hydrogens is 238 g/mol. The van der Waals surface area contributed by atoms with E-state index in [9.17, 15) is 5.11 Å². The fourth-order valence-electron chi connectivity index (χ4n) is 2.64. The van der Waals surface area contributed by atoms with Gasteiger partial charge in [-0.3, -0.25) is 4.98 Å². The second kappa shape index (κ2) is 6.87. The summed E-state index contributed by atoms with van der Waals surface area (Å²) in [4.78, 5) is 6.89. The molecule has 0 amide bonds. The number of nitrogens with zero attached hydrogens (tertiary/aromatic N) is 2. The van der Waals surface area contributed by atoms with E-state index >= 15 is 0 Å². The van der Waals surface area contributed by atoms with E-state index < -0.39 is 0 Å². The van der Waals surface area contributed by atoms with Crippen molar-refractivity contribution in [2.24, 2.45) is 5.92 Å². The number of pyridine rings is 1. The number of nitrogens with one attached hydrogen (secondary N) is 1. The second-order valence-electron chi connectivity index (χ2n) is 5.66. The largest absolute Gasteiger partial charge is 0.506 e. The Labute approximate surface area is 115 Å². The highest BCUT2D eigenvalue weighted by molar-refractivity contribution is 5.27. The maximum Gasteiger partial charge on any atom is 0.138 e. The van der Waals surface area contributed by atoms with Crippen molar-refractivity contribution in [1.82, 2.24) is 15.2 Å². The molecule has 1 aromatic heterocycles. The molecule has 0 spiro atoms. The summed E-state index contributed by atoms with van der Waals surface area (Å²) in [6, 6.07) is 3.54. The highest BCUT2D eigenvalue weighted by Gasteiger charge is 2.14. The molecule has 1 aliphatic heterocycles. The molecule has 0 aliphatic carbocycles. The Morgan fingerprint density at radius 2 is 2.11 bits per heavy atom. The van der Waals surface area contributed by atoms with Gasteiger partial charge < -0.3 is 15.3 Å². The van der Waals surface area contributed by atoms with Gasteiger partial charge >= 0.3 is 0 Å². The number of hydrogen-bond acceptors (Lipinski definition) is 4. The summed E-state index contributed by atoms with van der Waals surface area (Å²) in [5.74, 6) is 0.912. The Bertz CT molecular complexity index is 402. The molecule has 1 atom stereocenters. The molecule has 19 heavy (non-hydrogen) atoms. The predicted octanol–water partition coefficient (Wildman–Crippen LogP) is 1.92. The van der Waals surface area contributed by atoms with Crippen LogP contribution in [0.3, 0.4) is 0 Å². The lowest BCUT2D eigenvalue weighted by Crippen LogP contribution is -2.31. The molecule has 4 heteroatoms. The summed E-state index contributed by atoms with van der Waals surface area (Å²) < 4.78 is 0. The van der Waals surface area contributed by atoms with E-state index in [1.54, 1.807) is 6.07 Å². The molecule has 2 N–H and O–H groups in total. The third kappa shape index (κ3) is 4.48. The molecule has 1 fully saturated rings. The van der Waals surface area contributed by atoms with Gasteiger partial charge in [-0.25, -0.2) is 0 Å². The number of hydrogen-bond donors (Lipinski definition) is 2. The van der Waals surface area contributed by atoms with Crippen LogP contribution in [0.15, 0.2) is 12.1 Å². The number of aryl methyl sites for hydroxylation is 1. The van der Waals surface area contributed by atoms with E-state index in [1.807, 2.05) is 13.0 Å². The van der Waals surface area contributed by atoms with Crippen LogP contribution < -0.4 is 5.32 Å². The third-order valence-corrected chi connectivity index (χ3v) is 3.64. The minimum Gasteiger partial charge on any atom is -0.506 e. The van der Waals surface area contributed by atoms with E-state index in [0.717, 1.165) is 17.9 Å². The standard InChI is InChI=1S/C15H25N3O/c1-12(11-18-7-3-4-8-18)9-16-10-14-15(19)6-5-13(2)17-14/h5-6,12,16,19H,3-4,7-11H2,1-2H3. The van der Waals surface area contributed by atoms with E-state index in [1.165, 1.54) is 32.5 Å². The van der Waals surface area contributed by atoms with Crippen molar-refractivity contribution >= 4 is 0 Å². The van der Waals surface area contributed by atoms with Gasteiger partial charge in [-0.15, -0.1) is 0 Å². The van der Waals surface area contributed by atoms with E-state index in [0.29, 0.717) is 12.5 Å². The van der Waals surface area contributed by atoms with Crippen molar-refractivity contribution in [2.75, 3.05) is 26.2 Å². The summed E-state index contributed by atoms with van der Waals surface area (Å²) in [5.41, 5.74) is 1.69. The fraction of sp³-hybridized carbons (Fsp3) is 0.667. The van der Waals surface area contributed by atoms with Gasteiger partial charge in [0.25, 0.3) is 0 Å². The van der Waals surface area contributed by atoms with Crippen LogP contribution in [0.4, 0.5) is 0 Å². The van der Waals surface area contributed by atoms with Gasteiger partial charge in [-0.2, -0.15) is 0 Å².